The summed E-state index contributed by atoms with van der Waals surface area (Å²) in [7, 11) is 0. The predicted octanol–water partition coefficient (Wildman–Crippen LogP) is 4.47. The Kier molecular flexibility index (Phi) is 7.60. The maximum atomic E-state index is 13.2. The summed E-state index contributed by atoms with van der Waals surface area (Å²) < 4.78 is 54.4. The molecule has 3 aromatic rings. The second-order valence-corrected chi connectivity index (χ2v) is 6.51. The number of nitrogens with zero attached hydrogens (tertiary/aromatic N) is 2. The molecule has 0 aliphatic carbocycles. The van der Waals surface area contributed by atoms with Crippen molar-refractivity contribution in [3.8, 4) is 0 Å². The highest BCUT2D eigenvalue weighted by Gasteiger charge is 2.34. The SMILES string of the molecule is Nc1ccc(NC(=S)Nc2ccc(F)c(C(F)(F)F)c2)cc1.O=C(O)c1csnn1. The first-order valence-electron chi connectivity index (χ1n) is 7.87. The molecular weight excluding hydrogens is 446 g/mol. The molecular formula is C17H13F4N5O2S2. The van der Waals surface area contributed by atoms with E-state index in [2.05, 4.69) is 20.2 Å². The average Bonchev–Trinajstić information content (AvgIpc) is 3.20. The zero-order valence-electron chi connectivity index (χ0n) is 14.8. The number of aromatic carboxylic acids is 1. The molecule has 0 radical (unpaired) electrons. The molecule has 0 fully saturated rings. The summed E-state index contributed by atoms with van der Waals surface area (Å²) in [6.07, 6.45) is -4.77. The maximum absolute atomic E-state index is 13.2. The lowest BCUT2D eigenvalue weighted by atomic mass is 10.2. The van der Waals surface area contributed by atoms with Gasteiger partial charge in [0.2, 0.25) is 0 Å². The number of carboxylic acids is 1. The Morgan fingerprint density at radius 1 is 1.10 bits per heavy atom. The molecule has 0 saturated carbocycles. The minimum absolute atomic E-state index is 0.00926. The smallest absolute Gasteiger partial charge is 0.419 e. The molecule has 0 bridgehead atoms. The van der Waals surface area contributed by atoms with Gasteiger partial charge in [0, 0.05) is 22.4 Å². The van der Waals surface area contributed by atoms with Crippen molar-refractivity contribution in [1.29, 1.82) is 0 Å². The van der Waals surface area contributed by atoms with Crippen LogP contribution in [0.15, 0.2) is 47.8 Å². The first-order valence-corrected chi connectivity index (χ1v) is 9.11. The van der Waals surface area contributed by atoms with E-state index in [1.807, 2.05) is 0 Å². The van der Waals surface area contributed by atoms with E-state index in [1.54, 1.807) is 24.3 Å². The quantitative estimate of drug-likeness (QED) is 0.258. The van der Waals surface area contributed by atoms with Gasteiger partial charge in [-0.2, -0.15) is 13.2 Å². The highest BCUT2D eigenvalue weighted by Crippen LogP contribution is 2.33. The van der Waals surface area contributed by atoms with Crippen molar-refractivity contribution in [1.82, 2.24) is 9.59 Å². The summed E-state index contributed by atoms with van der Waals surface area (Å²) in [5.41, 5.74) is 5.40. The van der Waals surface area contributed by atoms with E-state index in [1.165, 1.54) is 11.4 Å². The number of aromatic nitrogens is 2. The third-order valence-electron chi connectivity index (χ3n) is 3.28. The summed E-state index contributed by atoms with van der Waals surface area (Å²) in [5, 5.41) is 18.3. The topological polar surface area (TPSA) is 113 Å². The molecule has 0 aliphatic heterocycles. The fourth-order valence-electron chi connectivity index (χ4n) is 1.94. The van der Waals surface area contributed by atoms with Gasteiger partial charge in [-0.15, -0.1) is 5.10 Å². The third kappa shape index (κ3) is 6.93. The van der Waals surface area contributed by atoms with Crippen molar-refractivity contribution in [3.05, 3.63) is 64.9 Å². The molecule has 0 saturated heterocycles. The lowest BCUT2D eigenvalue weighted by Crippen LogP contribution is -2.19. The van der Waals surface area contributed by atoms with Gasteiger partial charge in [0.1, 0.15) is 5.82 Å². The van der Waals surface area contributed by atoms with Gasteiger partial charge < -0.3 is 21.5 Å². The van der Waals surface area contributed by atoms with E-state index < -0.39 is 23.5 Å². The monoisotopic (exact) mass is 459 g/mol. The number of hydrogen-bond donors (Lipinski definition) is 4. The van der Waals surface area contributed by atoms with Crippen molar-refractivity contribution in [2.24, 2.45) is 0 Å². The molecule has 0 atom stereocenters. The van der Waals surface area contributed by atoms with Crippen molar-refractivity contribution < 1.29 is 27.5 Å². The van der Waals surface area contributed by atoms with E-state index in [-0.39, 0.29) is 16.5 Å². The molecule has 0 amide bonds. The van der Waals surface area contributed by atoms with E-state index in [9.17, 15) is 22.4 Å². The molecule has 0 aliphatic rings. The standard InChI is InChI=1S/C14H11F4N3S.C3H2N2O2S/c15-12-6-5-10(7-11(12)14(16,17)18)21-13(22)20-9-3-1-8(19)2-4-9;6-3(7)2-1-8-5-4-2/h1-7H,19H2,(H2,20,21,22);1H,(H,6,7). The van der Waals surface area contributed by atoms with Gasteiger partial charge in [0.05, 0.1) is 5.56 Å². The molecule has 1 heterocycles. The second-order valence-electron chi connectivity index (χ2n) is 5.49. The first-order chi connectivity index (χ1) is 14.1. The van der Waals surface area contributed by atoms with E-state index in [4.69, 9.17) is 23.1 Å². The van der Waals surface area contributed by atoms with E-state index in [0.29, 0.717) is 17.4 Å². The molecule has 7 nitrogen and oxygen atoms in total. The molecule has 2 aromatic carbocycles. The highest BCUT2D eigenvalue weighted by molar-refractivity contribution is 7.80. The lowest BCUT2D eigenvalue weighted by molar-refractivity contribution is -0.139. The molecule has 1 aromatic heterocycles. The lowest BCUT2D eigenvalue weighted by Gasteiger charge is -2.13. The molecule has 13 heteroatoms. The van der Waals surface area contributed by atoms with Crippen molar-refractivity contribution >= 4 is 51.9 Å². The molecule has 0 spiro atoms. The van der Waals surface area contributed by atoms with Crippen molar-refractivity contribution in [3.63, 3.8) is 0 Å². The number of nitrogen functional groups attached to an aromatic ring is 1. The Labute approximate surface area is 176 Å². The predicted molar refractivity (Wildman–Crippen MR) is 109 cm³/mol. The molecule has 3 rings (SSSR count). The van der Waals surface area contributed by atoms with Crippen LogP contribution in [0.3, 0.4) is 0 Å². The Balaban J connectivity index is 0.000000335. The molecule has 30 heavy (non-hydrogen) atoms. The summed E-state index contributed by atoms with van der Waals surface area (Å²) in [6, 6.07) is 9.17. The van der Waals surface area contributed by atoms with E-state index >= 15 is 0 Å². The summed E-state index contributed by atoms with van der Waals surface area (Å²) >= 11 is 6.02. The zero-order valence-corrected chi connectivity index (χ0v) is 16.4. The van der Waals surface area contributed by atoms with Crippen molar-refractivity contribution in [2.75, 3.05) is 16.4 Å². The van der Waals surface area contributed by atoms with Gasteiger partial charge >= 0.3 is 12.1 Å². The number of alkyl halides is 3. The van der Waals surface area contributed by atoms with Crippen LogP contribution in [0.1, 0.15) is 16.1 Å². The summed E-state index contributed by atoms with van der Waals surface area (Å²) in [4.78, 5) is 9.97. The Hall–Kier alpha value is -3.32. The Morgan fingerprint density at radius 2 is 1.70 bits per heavy atom. The van der Waals surface area contributed by atoms with Crippen LogP contribution in [-0.2, 0) is 6.18 Å². The number of hydrogen-bond acceptors (Lipinski definition) is 6. The average molecular weight is 459 g/mol. The van der Waals surface area contributed by atoms with Gasteiger partial charge in [0.25, 0.3) is 0 Å². The normalized spacial score (nSPS) is 10.5. The number of carboxylic acid groups (broad SMARTS) is 1. The number of rotatable bonds is 3. The molecule has 158 valence electrons. The largest absolute Gasteiger partial charge is 0.476 e. The molecule has 5 N–H and O–H groups in total. The Morgan fingerprint density at radius 3 is 2.20 bits per heavy atom. The fourth-order valence-corrected chi connectivity index (χ4v) is 2.60. The number of thiocarbonyl (C=S) groups is 1. The summed E-state index contributed by atoms with van der Waals surface area (Å²) in [6.45, 7) is 0. The number of nitrogens with one attached hydrogen (secondary N) is 2. The van der Waals surface area contributed by atoms with Crippen LogP contribution in [0.2, 0.25) is 0 Å². The fraction of sp³-hybridized carbons (Fsp3) is 0.0588. The number of nitrogens with two attached hydrogens (primary N) is 1. The number of carbonyl (C=O) groups is 1. The number of halogens is 4. The Bertz CT molecular complexity index is 1010. The van der Waals surface area contributed by atoms with Crippen LogP contribution >= 0.6 is 23.8 Å². The van der Waals surface area contributed by atoms with Crippen LogP contribution in [0.25, 0.3) is 0 Å². The minimum Gasteiger partial charge on any atom is -0.476 e. The van der Waals surface area contributed by atoms with Gasteiger partial charge in [-0.05, 0) is 66.2 Å². The van der Waals surface area contributed by atoms with Crippen LogP contribution in [0.5, 0.6) is 0 Å². The van der Waals surface area contributed by atoms with Crippen LogP contribution in [0.4, 0.5) is 34.6 Å². The van der Waals surface area contributed by atoms with Crippen LogP contribution < -0.4 is 16.4 Å². The maximum Gasteiger partial charge on any atom is 0.419 e. The van der Waals surface area contributed by atoms with Gasteiger partial charge in [-0.1, -0.05) is 4.49 Å². The second kappa shape index (κ2) is 9.93. The van der Waals surface area contributed by atoms with Gasteiger partial charge in [0.15, 0.2) is 10.8 Å². The van der Waals surface area contributed by atoms with Crippen LogP contribution in [-0.4, -0.2) is 25.8 Å². The number of anilines is 3. The zero-order chi connectivity index (χ0) is 22.3. The van der Waals surface area contributed by atoms with Gasteiger partial charge in [-0.25, -0.2) is 9.18 Å². The minimum atomic E-state index is -4.77. The third-order valence-corrected chi connectivity index (χ3v) is 3.99. The summed E-state index contributed by atoms with van der Waals surface area (Å²) in [5.74, 6) is -2.37. The first kappa shape index (κ1) is 23.0. The number of benzene rings is 2. The van der Waals surface area contributed by atoms with Crippen LogP contribution in [0, 0.1) is 5.82 Å². The molecule has 0 unspecified atom stereocenters. The van der Waals surface area contributed by atoms with E-state index in [0.717, 1.165) is 17.6 Å². The van der Waals surface area contributed by atoms with Gasteiger partial charge in [-0.3, -0.25) is 0 Å². The van der Waals surface area contributed by atoms with Crippen molar-refractivity contribution in [2.45, 2.75) is 6.18 Å². The highest BCUT2D eigenvalue weighted by atomic mass is 32.1.